The maximum absolute atomic E-state index is 2.48. The molecule has 1 aromatic heterocycles. The van der Waals surface area contributed by atoms with Crippen LogP contribution in [0, 0.1) is 0 Å². The van der Waals surface area contributed by atoms with Crippen LogP contribution in [-0.4, -0.2) is 4.57 Å². The first-order chi connectivity index (χ1) is 28.6. The summed E-state index contributed by atoms with van der Waals surface area (Å²) in [5, 5.41) is 2.54. The Bertz CT molecular complexity index is 2790. The Morgan fingerprint density at radius 2 is 0.914 bits per heavy atom. The summed E-state index contributed by atoms with van der Waals surface area (Å²) in [6.07, 6.45) is 7.83. The lowest BCUT2D eigenvalue weighted by Gasteiger charge is -2.31. The van der Waals surface area contributed by atoms with Gasteiger partial charge in [0.25, 0.3) is 0 Å². The zero-order chi connectivity index (χ0) is 38.9. The van der Waals surface area contributed by atoms with E-state index in [-0.39, 0.29) is 5.41 Å². The quantitative estimate of drug-likeness (QED) is 0.141. The van der Waals surface area contributed by atoms with Crippen LogP contribution >= 0.6 is 0 Å². The van der Waals surface area contributed by atoms with Crippen molar-refractivity contribution in [2.45, 2.75) is 50.9 Å². The van der Waals surface area contributed by atoms with Crippen molar-refractivity contribution in [1.29, 1.82) is 0 Å². The molecule has 2 heteroatoms. The third kappa shape index (κ3) is 6.69. The summed E-state index contributed by atoms with van der Waals surface area (Å²) in [6, 6.07) is 73.6. The summed E-state index contributed by atoms with van der Waals surface area (Å²) >= 11 is 0. The molecule has 0 saturated heterocycles. The average molecular weight is 749 g/mol. The average Bonchev–Trinajstić information content (AvgIpc) is 3.46. The van der Waals surface area contributed by atoms with E-state index in [0.717, 1.165) is 22.7 Å². The number of benzene rings is 8. The molecule has 0 radical (unpaired) electrons. The minimum Gasteiger partial charge on any atom is -0.310 e. The minimum absolute atomic E-state index is 0.221. The van der Waals surface area contributed by atoms with Crippen molar-refractivity contribution in [3.8, 4) is 39.1 Å². The Labute approximate surface area is 342 Å². The van der Waals surface area contributed by atoms with Crippen molar-refractivity contribution in [3.63, 3.8) is 0 Å². The van der Waals surface area contributed by atoms with Crippen molar-refractivity contribution in [1.82, 2.24) is 4.57 Å². The normalized spacial score (nSPS) is 14.0. The second-order valence-electron chi connectivity index (χ2n) is 16.3. The summed E-state index contributed by atoms with van der Waals surface area (Å²) in [4.78, 5) is 2.45. The zero-order valence-electron chi connectivity index (χ0n) is 33.2. The second-order valence-corrected chi connectivity index (χ2v) is 16.3. The Hall–Kier alpha value is -6.64. The number of hydrogen-bond donors (Lipinski definition) is 0. The summed E-state index contributed by atoms with van der Waals surface area (Å²) in [5.41, 5.74) is 15.9. The first-order valence-corrected chi connectivity index (χ1v) is 21.0. The number of hydrogen-bond acceptors (Lipinski definition) is 1. The van der Waals surface area contributed by atoms with Crippen molar-refractivity contribution in [2.75, 3.05) is 4.90 Å². The number of rotatable bonds is 8. The van der Waals surface area contributed by atoms with Gasteiger partial charge in [-0.1, -0.05) is 172 Å². The Kier molecular flexibility index (Phi) is 9.47. The maximum Gasteiger partial charge on any atom is 0.0541 e. The van der Waals surface area contributed by atoms with Crippen LogP contribution in [0.25, 0.3) is 60.9 Å². The Morgan fingerprint density at radius 1 is 0.397 bits per heavy atom. The van der Waals surface area contributed by atoms with Gasteiger partial charge < -0.3 is 9.47 Å². The van der Waals surface area contributed by atoms with E-state index in [9.17, 15) is 0 Å². The molecule has 1 fully saturated rings. The lowest BCUT2D eigenvalue weighted by Crippen LogP contribution is -2.21. The highest BCUT2D eigenvalue weighted by molar-refractivity contribution is 6.09. The SMILES string of the molecule is CC1(c2ccc(N(c3cccc(-c4cccc(-n5c6ccccc6c6ccccc65)c4)c3)c3ccc(-c4ccccc4)c(-c4ccccc4)c3)cc2)CCCCCC1. The number of fused-ring (bicyclic) bond motifs is 3. The first-order valence-electron chi connectivity index (χ1n) is 21.0. The summed E-state index contributed by atoms with van der Waals surface area (Å²) in [6.45, 7) is 2.48. The van der Waals surface area contributed by atoms with Crippen molar-refractivity contribution < 1.29 is 0 Å². The highest BCUT2D eigenvalue weighted by Crippen LogP contribution is 2.44. The van der Waals surface area contributed by atoms with Gasteiger partial charge in [-0.05, 0) is 118 Å². The predicted octanol–water partition coefficient (Wildman–Crippen LogP) is 15.9. The van der Waals surface area contributed by atoms with Gasteiger partial charge in [0.2, 0.25) is 0 Å². The third-order valence-corrected chi connectivity index (χ3v) is 12.6. The number of aromatic nitrogens is 1. The van der Waals surface area contributed by atoms with Crippen LogP contribution in [0.4, 0.5) is 17.1 Å². The summed E-state index contributed by atoms with van der Waals surface area (Å²) in [5.74, 6) is 0. The summed E-state index contributed by atoms with van der Waals surface area (Å²) < 4.78 is 2.40. The van der Waals surface area contributed by atoms with Gasteiger partial charge in [0.1, 0.15) is 0 Å². The smallest absolute Gasteiger partial charge is 0.0541 e. The molecule has 0 amide bonds. The molecule has 10 rings (SSSR count). The van der Waals surface area contributed by atoms with Gasteiger partial charge in [0, 0.05) is 33.5 Å². The zero-order valence-corrected chi connectivity index (χ0v) is 33.2. The van der Waals surface area contributed by atoms with Gasteiger partial charge in [0.05, 0.1) is 11.0 Å². The monoisotopic (exact) mass is 748 g/mol. The van der Waals surface area contributed by atoms with Gasteiger partial charge in [-0.25, -0.2) is 0 Å². The molecular formula is C56H48N2. The van der Waals surface area contributed by atoms with Gasteiger partial charge >= 0.3 is 0 Å². The topological polar surface area (TPSA) is 8.17 Å². The molecule has 0 aliphatic heterocycles. The van der Waals surface area contributed by atoms with Crippen molar-refractivity contribution in [2.24, 2.45) is 0 Å². The molecule has 0 bridgehead atoms. The highest BCUT2D eigenvalue weighted by atomic mass is 15.1. The number of nitrogens with zero attached hydrogens (tertiary/aromatic N) is 2. The van der Waals surface area contributed by atoms with Crippen LogP contribution in [-0.2, 0) is 5.41 Å². The molecule has 8 aromatic carbocycles. The van der Waals surface area contributed by atoms with E-state index < -0.39 is 0 Å². The van der Waals surface area contributed by atoms with E-state index >= 15 is 0 Å². The standard InChI is InChI=1S/C56H48N2/c1-56(36-14-2-3-15-37-56)45-30-32-46(33-31-45)57(49-34-35-50(41-18-6-4-7-19-41)53(40-49)42-20-8-5-9-21-42)47-24-16-22-43(38-47)44-23-17-25-48(39-44)58-54-28-12-10-26-51(54)52-27-11-13-29-55(52)58/h4-13,16-35,38-40H,2-3,14-15,36-37H2,1H3. The Morgan fingerprint density at radius 3 is 1.57 bits per heavy atom. The number of anilines is 3. The maximum atomic E-state index is 2.48. The minimum atomic E-state index is 0.221. The van der Waals surface area contributed by atoms with Gasteiger partial charge in [-0.3, -0.25) is 0 Å². The van der Waals surface area contributed by atoms with Crippen LogP contribution in [0.5, 0.6) is 0 Å². The van der Waals surface area contributed by atoms with Crippen LogP contribution in [0.2, 0.25) is 0 Å². The highest BCUT2D eigenvalue weighted by Gasteiger charge is 2.28. The molecule has 1 heterocycles. The predicted molar refractivity (Wildman–Crippen MR) is 247 cm³/mol. The number of para-hydroxylation sites is 2. The second kappa shape index (κ2) is 15.4. The van der Waals surface area contributed by atoms with Gasteiger partial charge in [-0.15, -0.1) is 0 Å². The molecule has 58 heavy (non-hydrogen) atoms. The summed E-state index contributed by atoms with van der Waals surface area (Å²) in [7, 11) is 0. The van der Waals surface area contributed by atoms with E-state index in [1.807, 2.05) is 0 Å². The third-order valence-electron chi connectivity index (χ3n) is 12.6. The van der Waals surface area contributed by atoms with Crippen LogP contribution in [0.15, 0.2) is 200 Å². The molecule has 0 N–H and O–H groups in total. The molecule has 1 aliphatic rings. The fraction of sp³-hybridized carbons (Fsp3) is 0.143. The van der Waals surface area contributed by atoms with Crippen LogP contribution in [0.1, 0.15) is 51.0 Å². The van der Waals surface area contributed by atoms with E-state index in [0.29, 0.717) is 0 Å². The molecule has 2 nitrogen and oxygen atoms in total. The van der Waals surface area contributed by atoms with Crippen molar-refractivity contribution >= 4 is 38.9 Å². The van der Waals surface area contributed by atoms with E-state index in [4.69, 9.17) is 0 Å². The first kappa shape index (κ1) is 35.8. The molecule has 282 valence electrons. The fourth-order valence-corrected chi connectivity index (χ4v) is 9.50. The van der Waals surface area contributed by atoms with E-state index in [1.54, 1.807) is 0 Å². The largest absolute Gasteiger partial charge is 0.310 e. The molecular weight excluding hydrogens is 701 g/mol. The van der Waals surface area contributed by atoms with E-state index in [2.05, 4.69) is 217 Å². The molecule has 0 spiro atoms. The molecule has 1 aliphatic carbocycles. The van der Waals surface area contributed by atoms with Crippen molar-refractivity contribution in [3.05, 3.63) is 206 Å². The van der Waals surface area contributed by atoms with E-state index in [1.165, 1.54) is 99.3 Å². The van der Waals surface area contributed by atoms with Crippen LogP contribution < -0.4 is 4.90 Å². The van der Waals surface area contributed by atoms with Gasteiger partial charge in [0.15, 0.2) is 0 Å². The lowest BCUT2D eigenvalue weighted by molar-refractivity contribution is 0.409. The molecule has 0 atom stereocenters. The Balaban J connectivity index is 1.11. The molecule has 1 saturated carbocycles. The lowest BCUT2D eigenvalue weighted by atomic mass is 9.76. The van der Waals surface area contributed by atoms with Crippen LogP contribution in [0.3, 0.4) is 0 Å². The molecule has 0 unspecified atom stereocenters. The fourth-order valence-electron chi connectivity index (χ4n) is 9.50. The van der Waals surface area contributed by atoms with Gasteiger partial charge in [-0.2, -0.15) is 0 Å². The molecule has 9 aromatic rings.